The Kier molecular flexibility index (Phi) is 7.14. The Morgan fingerprint density at radius 2 is 1.94 bits per heavy atom. The number of amides is 1. The summed E-state index contributed by atoms with van der Waals surface area (Å²) >= 11 is 0. The fraction of sp³-hybridized carbons (Fsp3) is 0.318. The lowest BCUT2D eigenvalue weighted by Gasteiger charge is -2.22. The molecule has 2 N–H and O–H groups in total. The molecule has 0 spiro atoms. The molecule has 0 bridgehead atoms. The topological polar surface area (TPSA) is 125 Å². The number of aliphatic carboxylic acids is 1. The standard InChI is InChI=1S/C22H25N3O6S/c1-31-18-9-4-7-16(13-18)20-14-19(23-25(20)21(26)10-5-11-22(27)28)15-6-3-8-17(12-15)24-32(2,29)30/h3-4,6-9,12-13,20,24H,5,10-11,14H2,1-2H3,(H,27,28)/t20-/m1/s1. The Hall–Kier alpha value is -3.40. The molecule has 32 heavy (non-hydrogen) atoms. The summed E-state index contributed by atoms with van der Waals surface area (Å²) in [6.45, 7) is 0. The first-order chi connectivity index (χ1) is 15.2. The van der Waals surface area contributed by atoms with E-state index in [1.807, 2.05) is 18.2 Å². The summed E-state index contributed by atoms with van der Waals surface area (Å²) in [5.74, 6) is -0.587. The first-order valence-corrected chi connectivity index (χ1v) is 11.9. The van der Waals surface area contributed by atoms with Gasteiger partial charge in [-0.1, -0.05) is 24.3 Å². The average Bonchev–Trinajstić information content (AvgIpc) is 3.18. The Labute approximate surface area is 186 Å². The van der Waals surface area contributed by atoms with Crippen molar-refractivity contribution in [1.82, 2.24) is 5.01 Å². The van der Waals surface area contributed by atoms with Crippen LogP contribution in [0.3, 0.4) is 0 Å². The fourth-order valence-corrected chi connectivity index (χ4v) is 4.06. The third-order valence-corrected chi connectivity index (χ3v) is 5.53. The smallest absolute Gasteiger partial charge is 0.303 e. The van der Waals surface area contributed by atoms with Crippen molar-refractivity contribution in [3.8, 4) is 5.75 Å². The van der Waals surface area contributed by atoms with Gasteiger partial charge < -0.3 is 9.84 Å². The monoisotopic (exact) mass is 459 g/mol. The molecule has 1 aliphatic rings. The van der Waals surface area contributed by atoms with Gasteiger partial charge in [-0.15, -0.1) is 0 Å². The maximum Gasteiger partial charge on any atom is 0.303 e. The second kappa shape index (κ2) is 9.82. The normalized spacial score (nSPS) is 15.9. The fourth-order valence-electron chi connectivity index (χ4n) is 3.50. The maximum atomic E-state index is 12.9. The Morgan fingerprint density at radius 1 is 1.19 bits per heavy atom. The second-order valence-corrected chi connectivity index (χ2v) is 9.23. The molecular weight excluding hydrogens is 434 g/mol. The molecule has 0 aliphatic carbocycles. The molecule has 0 aromatic heterocycles. The van der Waals surface area contributed by atoms with Crippen molar-refractivity contribution in [1.29, 1.82) is 0 Å². The second-order valence-electron chi connectivity index (χ2n) is 7.48. The van der Waals surface area contributed by atoms with Gasteiger partial charge in [-0.2, -0.15) is 5.10 Å². The van der Waals surface area contributed by atoms with Crippen molar-refractivity contribution < 1.29 is 27.9 Å². The Balaban J connectivity index is 1.91. The number of carboxylic acid groups (broad SMARTS) is 1. The van der Waals surface area contributed by atoms with E-state index in [0.29, 0.717) is 29.1 Å². The van der Waals surface area contributed by atoms with Gasteiger partial charge in [-0.3, -0.25) is 14.3 Å². The van der Waals surface area contributed by atoms with Crippen molar-refractivity contribution in [2.45, 2.75) is 31.7 Å². The summed E-state index contributed by atoms with van der Waals surface area (Å²) < 4.78 is 30.9. The summed E-state index contributed by atoms with van der Waals surface area (Å²) in [6.07, 6.45) is 1.66. The van der Waals surface area contributed by atoms with E-state index in [1.54, 1.807) is 37.4 Å². The SMILES string of the molecule is COc1cccc([C@H]2CC(c3cccc(NS(C)(=O)=O)c3)=NN2C(=O)CCCC(=O)O)c1. The van der Waals surface area contributed by atoms with Gasteiger partial charge in [-0.25, -0.2) is 13.4 Å². The highest BCUT2D eigenvalue weighted by Gasteiger charge is 2.33. The van der Waals surface area contributed by atoms with E-state index in [1.165, 1.54) is 5.01 Å². The van der Waals surface area contributed by atoms with E-state index in [2.05, 4.69) is 9.82 Å². The number of nitrogens with one attached hydrogen (secondary N) is 1. The molecule has 1 aliphatic heterocycles. The zero-order valence-electron chi connectivity index (χ0n) is 17.8. The number of nitrogens with zero attached hydrogens (tertiary/aromatic N) is 2. The lowest BCUT2D eigenvalue weighted by Crippen LogP contribution is -2.27. The maximum absolute atomic E-state index is 12.9. The summed E-state index contributed by atoms with van der Waals surface area (Å²) in [7, 11) is -1.88. The van der Waals surface area contributed by atoms with Crippen molar-refractivity contribution in [3.63, 3.8) is 0 Å². The minimum atomic E-state index is -3.44. The number of ether oxygens (including phenoxy) is 1. The molecule has 3 rings (SSSR count). The molecule has 0 unspecified atom stereocenters. The first-order valence-electron chi connectivity index (χ1n) is 10.00. The number of hydrogen-bond donors (Lipinski definition) is 2. The van der Waals surface area contributed by atoms with Crippen molar-refractivity contribution >= 4 is 33.3 Å². The van der Waals surface area contributed by atoms with Crippen LogP contribution in [0.15, 0.2) is 53.6 Å². The third-order valence-electron chi connectivity index (χ3n) is 4.92. The van der Waals surface area contributed by atoms with E-state index < -0.39 is 16.0 Å². The number of benzene rings is 2. The van der Waals surface area contributed by atoms with Crippen LogP contribution in [0.1, 0.15) is 42.9 Å². The molecule has 10 heteroatoms. The van der Waals surface area contributed by atoms with Crippen LogP contribution < -0.4 is 9.46 Å². The van der Waals surface area contributed by atoms with Gasteiger partial charge in [-0.05, 0) is 41.8 Å². The number of carboxylic acids is 1. The average molecular weight is 460 g/mol. The van der Waals surface area contributed by atoms with E-state index in [0.717, 1.165) is 11.8 Å². The molecule has 0 saturated carbocycles. The highest BCUT2D eigenvalue weighted by atomic mass is 32.2. The number of carbonyl (C=O) groups is 2. The van der Waals surface area contributed by atoms with Gasteiger partial charge in [0.2, 0.25) is 15.9 Å². The van der Waals surface area contributed by atoms with Crippen LogP contribution in [0.2, 0.25) is 0 Å². The van der Waals surface area contributed by atoms with Gasteiger partial charge in [0.1, 0.15) is 5.75 Å². The van der Waals surface area contributed by atoms with Gasteiger partial charge in [0.05, 0.1) is 25.1 Å². The number of anilines is 1. The first kappa shape index (κ1) is 23.3. The van der Waals surface area contributed by atoms with Crippen LogP contribution >= 0.6 is 0 Å². The van der Waals surface area contributed by atoms with Crippen molar-refractivity contribution in [2.75, 3.05) is 18.1 Å². The zero-order chi connectivity index (χ0) is 23.3. The lowest BCUT2D eigenvalue weighted by atomic mass is 9.98. The van der Waals surface area contributed by atoms with Gasteiger partial charge in [0, 0.05) is 24.9 Å². The number of hydrogen-bond acceptors (Lipinski definition) is 6. The molecular formula is C22H25N3O6S. The highest BCUT2D eigenvalue weighted by Crippen LogP contribution is 2.35. The third kappa shape index (κ3) is 6.07. The summed E-state index contributed by atoms with van der Waals surface area (Å²) in [6, 6.07) is 13.8. The molecule has 1 heterocycles. The molecule has 1 amide bonds. The molecule has 0 fully saturated rings. The minimum Gasteiger partial charge on any atom is -0.497 e. The van der Waals surface area contributed by atoms with Crippen LogP contribution in [0.5, 0.6) is 5.75 Å². The van der Waals surface area contributed by atoms with Crippen LogP contribution in [-0.4, -0.2) is 49.5 Å². The predicted molar refractivity (Wildman–Crippen MR) is 120 cm³/mol. The van der Waals surface area contributed by atoms with Crippen molar-refractivity contribution in [3.05, 3.63) is 59.7 Å². The Morgan fingerprint density at radius 3 is 2.62 bits per heavy atom. The molecule has 0 saturated heterocycles. The van der Waals surface area contributed by atoms with Crippen molar-refractivity contribution in [2.24, 2.45) is 5.10 Å². The lowest BCUT2D eigenvalue weighted by molar-refractivity contribution is -0.137. The number of methoxy groups -OCH3 is 1. The van der Waals surface area contributed by atoms with Crippen LogP contribution in [0.25, 0.3) is 0 Å². The molecule has 0 radical (unpaired) electrons. The minimum absolute atomic E-state index is 0.0548. The summed E-state index contributed by atoms with van der Waals surface area (Å²) in [5, 5.41) is 14.8. The van der Waals surface area contributed by atoms with Gasteiger partial charge in [0.15, 0.2) is 0 Å². The molecule has 2 aromatic rings. The summed E-state index contributed by atoms with van der Waals surface area (Å²) in [4.78, 5) is 23.7. The molecule has 1 atom stereocenters. The number of sulfonamides is 1. The van der Waals surface area contributed by atoms with Crippen LogP contribution in [0, 0.1) is 0 Å². The Bertz CT molecular complexity index is 1150. The quantitative estimate of drug-likeness (QED) is 0.594. The van der Waals surface area contributed by atoms with Crippen LogP contribution in [-0.2, 0) is 19.6 Å². The number of hydrazone groups is 1. The molecule has 2 aromatic carbocycles. The molecule has 9 nitrogen and oxygen atoms in total. The van der Waals surface area contributed by atoms with Gasteiger partial charge in [0.25, 0.3) is 0 Å². The van der Waals surface area contributed by atoms with E-state index in [-0.39, 0.29) is 31.2 Å². The largest absolute Gasteiger partial charge is 0.497 e. The molecule has 170 valence electrons. The predicted octanol–water partition coefficient (Wildman–Crippen LogP) is 3.00. The van der Waals surface area contributed by atoms with Gasteiger partial charge >= 0.3 is 5.97 Å². The summed E-state index contributed by atoms with van der Waals surface area (Å²) in [5.41, 5.74) is 2.55. The van der Waals surface area contributed by atoms with E-state index in [4.69, 9.17) is 9.84 Å². The zero-order valence-corrected chi connectivity index (χ0v) is 18.6. The highest BCUT2D eigenvalue weighted by molar-refractivity contribution is 7.92. The van der Waals surface area contributed by atoms with Crippen LogP contribution in [0.4, 0.5) is 5.69 Å². The van der Waals surface area contributed by atoms with E-state index >= 15 is 0 Å². The number of rotatable bonds is 9. The number of carbonyl (C=O) groups excluding carboxylic acids is 1. The van der Waals surface area contributed by atoms with E-state index in [9.17, 15) is 18.0 Å².